The van der Waals surface area contributed by atoms with Crippen molar-refractivity contribution in [1.29, 1.82) is 0 Å². The van der Waals surface area contributed by atoms with Crippen LogP contribution in [-0.4, -0.2) is 59.8 Å². The number of aromatic amines is 1. The number of amides is 1. The minimum atomic E-state index is -0.607. The number of hydrogen-bond donors (Lipinski definition) is 1. The van der Waals surface area contributed by atoms with Gasteiger partial charge in [-0.05, 0) is 32.8 Å². The zero-order chi connectivity index (χ0) is 23.3. The Morgan fingerprint density at radius 2 is 1.75 bits per heavy atom. The number of ketones is 1. The second-order valence-corrected chi connectivity index (χ2v) is 7.85. The summed E-state index contributed by atoms with van der Waals surface area (Å²) in [4.78, 5) is 54.4. The molecule has 1 aromatic carbocycles. The highest BCUT2D eigenvalue weighted by molar-refractivity contribution is 6.09. The van der Waals surface area contributed by atoms with Gasteiger partial charge in [0.25, 0.3) is 0 Å². The molecule has 1 aliphatic heterocycles. The molecular formula is C24H28N2O6. The highest BCUT2D eigenvalue weighted by Gasteiger charge is 2.35. The average molecular weight is 440 g/mol. The number of rotatable bonds is 9. The minimum Gasteiger partial charge on any atom is -0.462 e. The Morgan fingerprint density at radius 1 is 1.06 bits per heavy atom. The molecule has 1 aliphatic rings. The van der Waals surface area contributed by atoms with E-state index in [1.54, 1.807) is 25.7 Å². The van der Waals surface area contributed by atoms with Gasteiger partial charge in [-0.2, -0.15) is 0 Å². The van der Waals surface area contributed by atoms with Crippen LogP contribution in [0.4, 0.5) is 0 Å². The average Bonchev–Trinajstić information content (AvgIpc) is 3.29. The number of aromatic nitrogens is 1. The molecule has 0 spiro atoms. The van der Waals surface area contributed by atoms with E-state index in [1.807, 2.05) is 30.3 Å². The summed E-state index contributed by atoms with van der Waals surface area (Å²) in [6.07, 6.45) is 0.772. The Morgan fingerprint density at radius 3 is 2.44 bits per heavy atom. The van der Waals surface area contributed by atoms with Crippen LogP contribution in [0.2, 0.25) is 0 Å². The molecule has 2 aromatic rings. The number of esters is 2. The van der Waals surface area contributed by atoms with Gasteiger partial charge in [0.2, 0.25) is 11.7 Å². The second-order valence-electron chi connectivity index (χ2n) is 7.85. The van der Waals surface area contributed by atoms with Crippen molar-refractivity contribution >= 4 is 23.6 Å². The van der Waals surface area contributed by atoms with Crippen LogP contribution in [0.3, 0.4) is 0 Å². The highest BCUT2D eigenvalue weighted by atomic mass is 16.5. The Balaban J connectivity index is 1.56. The summed E-state index contributed by atoms with van der Waals surface area (Å²) in [5.41, 5.74) is 2.47. The van der Waals surface area contributed by atoms with Crippen LogP contribution >= 0.6 is 0 Å². The smallest absolute Gasteiger partial charge is 0.340 e. The van der Waals surface area contributed by atoms with Crippen LogP contribution < -0.4 is 0 Å². The Kier molecular flexibility index (Phi) is 7.45. The van der Waals surface area contributed by atoms with Crippen molar-refractivity contribution in [2.75, 3.05) is 26.3 Å². The summed E-state index contributed by atoms with van der Waals surface area (Å²) >= 11 is 0. The van der Waals surface area contributed by atoms with Gasteiger partial charge in [-0.1, -0.05) is 30.3 Å². The number of carbonyl (C=O) groups is 4. The van der Waals surface area contributed by atoms with Crippen molar-refractivity contribution in [2.24, 2.45) is 5.92 Å². The van der Waals surface area contributed by atoms with E-state index in [9.17, 15) is 19.2 Å². The monoisotopic (exact) mass is 440 g/mol. The first-order chi connectivity index (χ1) is 15.3. The number of Topliss-reactive ketones (excluding diaryl/α,β-unsaturated/α-hetero) is 1. The molecule has 3 rings (SSSR count). The highest BCUT2D eigenvalue weighted by Crippen LogP contribution is 2.22. The molecular weight excluding hydrogens is 412 g/mol. The van der Waals surface area contributed by atoms with Gasteiger partial charge in [-0.15, -0.1) is 0 Å². The van der Waals surface area contributed by atoms with Gasteiger partial charge in [-0.25, -0.2) is 4.79 Å². The van der Waals surface area contributed by atoms with Crippen LogP contribution in [0.15, 0.2) is 30.3 Å². The quantitative estimate of drug-likeness (QED) is 0.475. The topological polar surface area (TPSA) is 106 Å². The SMILES string of the molecule is CCOC(=O)c1c(C)[nH]c(C)c1C(=O)COC(=O)[C@@H]1CC(=O)N(CCc2ccccc2)C1. The molecule has 8 heteroatoms. The lowest BCUT2D eigenvalue weighted by atomic mass is 10.0. The van der Waals surface area contributed by atoms with Gasteiger partial charge < -0.3 is 19.4 Å². The molecule has 0 aliphatic carbocycles. The molecule has 32 heavy (non-hydrogen) atoms. The maximum atomic E-state index is 12.7. The van der Waals surface area contributed by atoms with Crippen LogP contribution in [0, 0.1) is 19.8 Å². The van der Waals surface area contributed by atoms with Gasteiger partial charge in [0.15, 0.2) is 6.61 Å². The molecule has 0 bridgehead atoms. The number of H-pyrrole nitrogens is 1. The molecule has 0 saturated carbocycles. The Hall–Kier alpha value is -3.42. The Bertz CT molecular complexity index is 1010. The summed E-state index contributed by atoms with van der Waals surface area (Å²) < 4.78 is 10.3. The molecule has 1 fully saturated rings. The van der Waals surface area contributed by atoms with E-state index in [-0.39, 0.29) is 36.6 Å². The van der Waals surface area contributed by atoms with E-state index in [0.717, 1.165) is 5.56 Å². The van der Waals surface area contributed by atoms with E-state index in [2.05, 4.69) is 4.98 Å². The summed E-state index contributed by atoms with van der Waals surface area (Å²) in [5.74, 6) is -2.38. The number of likely N-dealkylation sites (tertiary alicyclic amines) is 1. The maximum Gasteiger partial charge on any atom is 0.340 e. The third-order valence-electron chi connectivity index (χ3n) is 5.54. The molecule has 1 saturated heterocycles. The molecule has 1 N–H and O–H groups in total. The molecule has 1 amide bonds. The summed E-state index contributed by atoms with van der Waals surface area (Å²) in [6.45, 7) is 5.51. The standard InChI is InChI=1S/C24H28N2O6/c1-4-31-24(30)22-16(3)25-15(2)21(22)19(27)14-32-23(29)18-12-20(28)26(13-18)11-10-17-8-6-5-7-9-17/h5-9,18,25H,4,10-14H2,1-3H3/t18-/m1/s1. The number of nitrogens with zero attached hydrogens (tertiary/aromatic N) is 1. The number of benzene rings is 1. The lowest BCUT2D eigenvalue weighted by Gasteiger charge is -2.16. The third kappa shape index (κ3) is 5.25. The van der Waals surface area contributed by atoms with Crippen molar-refractivity contribution in [3.63, 3.8) is 0 Å². The minimum absolute atomic E-state index is 0.0676. The van der Waals surface area contributed by atoms with Gasteiger partial charge in [0.05, 0.1) is 23.7 Å². The number of ether oxygens (including phenoxy) is 2. The molecule has 0 unspecified atom stereocenters. The van der Waals surface area contributed by atoms with Crippen molar-refractivity contribution in [1.82, 2.24) is 9.88 Å². The van der Waals surface area contributed by atoms with Gasteiger partial charge in [-0.3, -0.25) is 14.4 Å². The van der Waals surface area contributed by atoms with E-state index in [1.165, 1.54) is 0 Å². The van der Waals surface area contributed by atoms with Crippen molar-refractivity contribution in [3.8, 4) is 0 Å². The third-order valence-corrected chi connectivity index (χ3v) is 5.54. The molecule has 2 heterocycles. The number of hydrogen-bond acceptors (Lipinski definition) is 6. The van der Waals surface area contributed by atoms with Crippen LogP contribution in [0.25, 0.3) is 0 Å². The second kappa shape index (κ2) is 10.3. The first-order valence-corrected chi connectivity index (χ1v) is 10.7. The van der Waals surface area contributed by atoms with E-state index in [4.69, 9.17) is 9.47 Å². The molecule has 1 atom stereocenters. The summed E-state index contributed by atoms with van der Waals surface area (Å²) in [6, 6.07) is 9.81. The van der Waals surface area contributed by atoms with Crippen LogP contribution in [-0.2, 0) is 25.5 Å². The zero-order valence-electron chi connectivity index (χ0n) is 18.6. The summed E-state index contributed by atoms with van der Waals surface area (Å²) in [7, 11) is 0. The largest absolute Gasteiger partial charge is 0.462 e. The zero-order valence-corrected chi connectivity index (χ0v) is 18.6. The van der Waals surface area contributed by atoms with Crippen molar-refractivity contribution < 1.29 is 28.7 Å². The number of aryl methyl sites for hydroxylation is 2. The van der Waals surface area contributed by atoms with Gasteiger partial charge in [0, 0.05) is 30.9 Å². The number of carbonyl (C=O) groups excluding carboxylic acids is 4. The molecule has 1 aromatic heterocycles. The lowest BCUT2D eigenvalue weighted by molar-refractivity contribution is -0.147. The molecule has 170 valence electrons. The number of nitrogens with one attached hydrogen (secondary N) is 1. The predicted molar refractivity (Wildman–Crippen MR) is 116 cm³/mol. The molecule has 0 radical (unpaired) electrons. The molecule has 8 nitrogen and oxygen atoms in total. The van der Waals surface area contributed by atoms with E-state index in [0.29, 0.717) is 24.4 Å². The lowest BCUT2D eigenvalue weighted by Crippen LogP contribution is -2.29. The predicted octanol–water partition coefficient (Wildman–Crippen LogP) is 2.63. The maximum absolute atomic E-state index is 12.7. The van der Waals surface area contributed by atoms with Crippen LogP contribution in [0.1, 0.15) is 51.0 Å². The fourth-order valence-corrected chi connectivity index (χ4v) is 3.97. The summed E-state index contributed by atoms with van der Waals surface area (Å²) in [5, 5.41) is 0. The fraction of sp³-hybridized carbons (Fsp3) is 0.417. The first-order valence-electron chi connectivity index (χ1n) is 10.7. The van der Waals surface area contributed by atoms with E-state index < -0.39 is 30.2 Å². The normalized spacial score (nSPS) is 15.7. The van der Waals surface area contributed by atoms with Crippen LogP contribution in [0.5, 0.6) is 0 Å². The van der Waals surface area contributed by atoms with Gasteiger partial charge >= 0.3 is 11.9 Å². The first kappa shape index (κ1) is 23.2. The van der Waals surface area contributed by atoms with E-state index >= 15 is 0 Å². The fourth-order valence-electron chi connectivity index (χ4n) is 3.97. The van der Waals surface area contributed by atoms with Gasteiger partial charge in [0.1, 0.15) is 0 Å². The Labute approximate surface area is 186 Å². The van der Waals surface area contributed by atoms with Crippen molar-refractivity contribution in [3.05, 3.63) is 58.4 Å². The van der Waals surface area contributed by atoms with Crippen molar-refractivity contribution in [2.45, 2.75) is 33.6 Å².